The number of anilines is 2. The van der Waals surface area contributed by atoms with Crippen LogP contribution in [0.15, 0.2) is 42.0 Å². The highest BCUT2D eigenvalue weighted by Gasteiger charge is 2.77. The van der Waals surface area contributed by atoms with Gasteiger partial charge in [0.05, 0.1) is 42.9 Å². The maximum atomic E-state index is 15.3. The van der Waals surface area contributed by atoms with Crippen molar-refractivity contribution in [2.24, 2.45) is 17.8 Å². The molecular weight excluding hydrogens is 852 g/mol. The topological polar surface area (TPSA) is 113 Å². The number of aromatic hydroxyl groups is 1. The summed E-state index contributed by atoms with van der Waals surface area (Å²) in [5.74, 6) is -28.0. The van der Waals surface area contributed by atoms with Crippen LogP contribution in [-0.2, 0) is 31.5 Å². The summed E-state index contributed by atoms with van der Waals surface area (Å²) < 4.78 is 167. The van der Waals surface area contributed by atoms with Crippen LogP contribution in [0.3, 0.4) is 0 Å². The van der Waals surface area contributed by atoms with Gasteiger partial charge in [-0.25, -0.2) is 31.8 Å². The number of hydrogen-bond donors (Lipinski definition) is 1. The molecule has 2 aliphatic carbocycles. The molecule has 58 heavy (non-hydrogen) atoms. The summed E-state index contributed by atoms with van der Waals surface area (Å²) in [5.41, 5.74) is -7.70. The van der Waals surface area contributed by atoms with Crippen molar-refractivity contribution in [2.75, 3.05) is 24.0 Å². The number of carbonyl (C=O) groups excluding carboxylic acids is 4. The Morgan fingerprint density at radius 1 is 0.724 bits per heavy atom. The van der Waals surface area contributed by atoms with Crippen molar-refractivity contribution in [1.82, 2.24) is 0 Å². The summed E-state index contributed by atoms with van der Waals surface area (Å²) in [5, 5.41) is 11.4. The van der Waals surface area contributed by atoms with Crippen LogP contribution in [-0.4, -0.2) is 52.7 Å². The van der Waals surface area contributed by atoms with Crippen molar-refractivity contribution >= 4 is 58.2 Å². The van der Waals surface area contributed by atoms with Crippen LogP contribution in [0.2, 0.25) is 0 Å². The SMILES string of the molecule is COc1cc(O)c([C@H]2C3=CC[C@@H]4C(=O)N(c5cc(C(F)(F)F)cc(C(F)(F)F)c5)C(=O)[C@@H]4[C@@H]3C[C@@]3(Cl)C(=O)N(c4c(F)c(F)c(F)c(F)c4F)C(=O)[C@@]23Cl)c(OC)c1. The predicted octanol–water partition coefficient (Wildman–Crippen LogP) is 7.91. The third-order valence-electron chi connectivity index (χ3n) is 10.9. The second-order valence-corrected chi connectivity index (χ2v) is 15.0. The van der Waals surface area contributed by atoms with Crippen molar-refractivity contribution in [3.63, 3.8) is 0 Å². The molecule has 308 valence electrons. The smallest absolute Gasteiger partial charge is 0.416 e. The van der Waals surface area contributed by atoms with E-state index in [9.17, 15) is 63.8 Å². The third-order valence-corrected chi connectivity index (χ3v) is 12.3. The monoisotopic (exact) mass is 872 g/mol. The van der Waals surface area contributed by atoms with E-state index in [2.05, 4.69) is 0 Å². The van der Waals surface area contributed by atoms with Gasteiger partial charge >= 0.3 is 12.4 Å². The number of rotatable bonds is 5. The first-order valence-corrected chi connectivity index (χ1v) is 17.2. The molecule has 0 radical (unpaired) electrons. The summed E-state index contributed by atoms with van der Waals surface area (Å²) in [4.78, 5) is 50.5. The van der Waals surface area contributed by atoms with Gasteiger partial charge < -0.3 is 14.6 Å². The zero-order chi connectivity index (χ0) is 42.9. The molecule has 22 heteroatoms. The Morgan fingerprint density at radius 3 is 1.79 bits per heavy atom. The highest BCUT2D eigenvalue weighted by Crippen LogP contribution is 2.68. The lowest BCUT2D eigenvalue weighted by molar-refractivity contribution is -0.143. The molecule has 0 aromatic heterocycles. The van der Waals surface area contributed by atoms with Gasteiger partial charge in [0.25, 0.3) is 11.8 Å². The lowest BCUT2D eigenvalue weighted by atomic mass is 9.56. The number of phenols is 1. The van der Waals surface area contributed by atoms with Gasteiger partial charge in [0.15, 0.2) is 33.0 Å². The number of hydrogen-bond acceptors (Lipinski definition) is 7. The Bertz CT molecular complexity index is 2350. The number of methoxy groups -OCH3 is 2. The van der Waals surface area contributed by atoms with Crippen molar-refractivity contribution in [3.8, 4) is 17.2 Å². The van der Waals surface area contributed by atoms with E-state index in [-0.39, 0.29) is 40.2 Å². The normalized spacial score (nSPS) is 27.1. The molecule has 0 spiro atoms. The molecular formula is C36H21Cl2F11N2O7. The molecule has 2 heterocycles. The fourth-order valence-corrected chi connectivity index (χ4v) is 9.29. The van der Waals surface area contributed by atoms with Crippen LogP contribution in [0.5, 0.6) is 17.2 Å². The van der Waals surface area contributed by atoms with Crippen LogP contribution in [0.4, 0.5) is 59.7 Å². The van der Waals surface area contributed by atoms with Crippen LogP contribution < -0.4 is 19.3 Å². The van der Waals surface area contributed by atoms with Gasteiger partial charge in [-0.3, -0.25) is 19.2 Å². The second-order valence-electron chi connectivity index (χ2n) is 13.7. The molecule has 0 bridgehead atoms. The summed E-state index contributed by atoms with van der Waals surface area (Å²) in [7, 11) is 2.21. The quantitative estimate of drug-likeness (QED) is 0.0693. The van der Waals surface area contributed by atoms with Crippen LogP contribution in [0.1, 0.15) is 35.4 Å². The molecule has 3 fully saturated rings. The highest BCUT2D eigenvalue weighted by atomic mass is 35.5. The molecule has 3 aromatic rings. The average molecular weight is 873 g/mol. The first-order chi connectivity index (χ1) is 26.9. The zero-order valence-electron chi connectivity index (χ0n) is 28.9. The number of imide groups is 2. The molecule has 1 N–H and O–H groups in total. The highest BCUT2D eigenvalue weighted by molar-refractivity contribution is 6.58. The van der Waals surface area contributed by atoms with Gasteiger partial charge in [-0.1, -0.05) is 11.6 Å². The Kier molecular flexibility index (Phi) is 9.35. The molecule has 9 nitrogen and oxygen atoms in total. The number of ether oxygens (including phenoxy) is 2. The lowest BCUT2D eigenvalue weighted by Crippen LogP contribution is -2.60. The molecule has 1 saturated carbocycles. The number of phenolic OH excluding ortho intramolecular Hbond substituents is 1. The minimum Gasteiger partial charge on any atom is -0.507 e. The van der Waals surface area contributed by atoms with Crippen LogP contribution in [0, 0.1) is 46.8 Å². The molecule has 4 aliphatic rings. The number of halogens is 13. The van der Waals surface area contributed by atoms with Gasteiger partial charge in [-0.15, -0.1) is 23.2 Å². The fraction of sp³-hybridized carbons (Fsp3) is 0.333. The molecule has 6 atom stereocenters. The standard InChI is InChI=1S/C36H21Cl2F11N2O7/c1-57-14-8-18(52)21(19(9-14)58-2)22-15-3-4-16-20(30(54)50(29(16)53)13-6-11(35(44,45)46)5-12(7-13)36(47,48)49)17(15)10-33(37)31(55)51(32(56)34(22,33)38)28-26(42)24(40)23(39)25(41)27(28)43/h3,5-9,16-17,20,22,52H,4,10H2,1-2H3/t16-,17+,20-,22+,33+,34-/m0/s1. The Hall–Kier alpha value is -5.11. The van der Waals surface area contributed by atoms with E-state index in [1.165, 1.54) is 13.2 Å². The molecule has 2 aliphatic heterocycles. The number of alkyl halides is 8. The predicted molar refractivity (Wildman–Crippen MR) is 177 cm³/mol. The maximum absolute atomic E-state index is 15.3. The first kappa shape index (κ1) is 41.1. The minimum absolute atomic E-state index is 0.0866. The van der Waals surface area contributed by atoms with E-state index in [4.69, 9.17) is 32.7 Å². The number of nitrogens with zero attached hydrogens (tertiary/aromatic N) is 2. The molecule has 4 amide bonds. The average Bonchev–Trinajstić information content (AvgIpc) is 3.50. The number of allylic oxidation sites excluding steroid dienone is 2. The van der Waals surface area contributed by atoms with Crippen molar-refractivity contribution < 1.29 is 82.1 Å². The van der Waals surface area contributed by atoms with E-state index in [1.54, 1.807) is 0 Å². The van der Waals surface area contributed by atoms with Gasteiger partial charge in [-0.2, -0.15) is 26.3 Å². The first-order valence-electron chi connectivity index (χ1n) is 16.5. The zero-order valence-corrected chi connectivity index (χ0v) is 30.4. The van der Waals surface area contributed by atoms with E-state index >= 15 is 8.78 Å². The molecule has 2 saturated heterocycles. The summed E-state index contributed by atoms with van der Waals surface area (Å²) >= 11 is 14.1. The van der Waals surface area contributed by atoms with E-state index in [1.807, 2.05) is 0 Å². The molecule has 3 aromatic carbocycles. The van der Waals surface area contributed by atoms with E-state index < -0.39 is 150 Å². The van der Waals surface area contributed by atoms with E-state index in [0.717, 1.165) is 19.2 Å². The number of benzene rings is 3. The van der Waals surface area contributed by atoms with Gasteiger partial charge in [0, 0.05) is 23.6 Å². The Balaban J connectivity index is 1.46. The van der Waals surface area contributed by atoms with Crippen LogP contribution in [0.25, 0.3) is 0 Å². The van der Waals surface area contributed by atoms with Crippen molar-refractivity contribution in [1.29, 1.82) is 0 Å². The van der Waals surface area contributed by atoms with Gasteiger partial charge in [-0.05, 0) is 37.0 Å². The number of amides is 4. The Morgan fingerprint density at radius 2 is 1.28 bits per heavy atom. The lowest BCUT2D eigenvalue weighted by Gasteiger charge is -2.50. The molecule has 7 rings (SSSR count). The van der Waals surface area contributed by atoms with E-state index in [0.29, 0.717) is 0 Å². The Labute approximate surface area is 327 Å². The van der Waals surface area contributed by atoms with Crippen molar-refractivity contribution in [2.45, 2.75) is 40.9 Å². The van der Waals surface area contributed by atoms with Crippen molar-refractivity contribution in [3.05, 3.63) is 87.8 Å². The summed E-state index contributed by atoms with van der Waals surface area (Å²) in [6.07, 6.45) is -11.2. The largest absolute Gasteiger partial charge is 0.507 e. The summed E-state index contributed by atoms with van der Waals surface area (Å²) in [6, 6.07) is 2.10. The fourth-order valence-electron chi connectivity index (χ4n) is 8.37. The van der Waals surface area contributed by atoms with Crippen LogP contribution >= 0.6 is 23.2 Å². The minimum atomic E-state index is -5.40. The van der Waals surface area contributed by atoms with Gasteiger partial charge in [0.2, 0.25) is 17.6 Å². The van der Waals surface area contributed by atoms with Gasteiger partial charge in [0.1, 0.15) is 22.9 Å². The maximum Gasteiger partial charge on any atom is 0.416 e. The number of carbonyl (C=O) groups is 4. The second kappa shape index (κ2) is 13.2. The number of fused-ring (bicyclic) bond motifs is 4. The molecule has 0 unspecified atom stereocenters. The summed E-state index contributed by atoms with van der Waals surface area (Å²) in [6.45, 7) is 0. The third kappa shape index (κ3) is 5.49.